The van der Waals surface area contributed by atoms with Gasteiger partial charge in [0.2, 0.25) is 0 Å². The van der Waals surface area contributed by atoms with Gasteiger partial charge < -0.3 is 0 Å². The summed E-state index contributed by atoms with van der Waals surface area (Å²) in [6, 6.07) is 11.0. The largest absolute Gasteiger partial charge is 0.260 e. The molecule has 2 nitrogen and oxygen atoms in total. The fourth-order valence-corrected chi connectivity index (χ4v) is 4.90. The molecular weight excluding hydrogens is 400 g/mol. The number of unbranched alkanes of at least 4 members (excludes halogenated alkanes) is 15. The lowest BCUT2D eigenvalue weighted by Crippen LogP contribution is -2.37. The van der Waals surface area contributed by atoms with E-state index in [-0.39, 0.29) is 0 Å². The van der Waals surface area contributed by atoms with Crippen LogP contribution in [0.2, 0.25) is 0 Å². The predicted molar refractivity (Wildman–Crippen MR) is 144 cm³/mol. The lowest BCUT2D eigenvalue weighted by molar-refractivity contribution is -0.703. The van der Waals surface area contributed by atoms with Crippen molar-refractivity contribution in [1.29, 1.82) is 0 Å². The first kappa shape index (κ1) is 27.7. The van der Waals surface area contributed by atoms with Gasteiger partial charge in [-0.1, -0.05) is 128 Å². The second-order valence-corrected chi connectivity index (χ2v) is 10.1. The highest BCUT2D eigenvalue weighted by Crippen LogP contribution is 2.14. The van der Waals surface area contributed by atoms with Crippen molar-refractivity contribution >= 4 is 0 Å². The normalized spacial score (nSPS) is 11.3. The van der Waals surface area contributed by atoms with Gasteiger partial charge in [0.05, 0.1) is 19.5 Å². The minimum Gasteiger partial charge on any atom is -0.234 e. The summed E-state index contributed by atoms with van der Waals surface area (Å²) in [4.78, 5) is 0. The monoisotopic (exact) mass is 453 g/mol. The molecular formula is C31H53N2+. The average molecular weight is 454 g/mol. The second kappa shape index (κ2) is 18.8. The molecule has 1 aromatic heterocycles. The van der Waals surface area contributed by atoms with Crippen molar-refractivity contribution in [3.8, 4) is 0 Å². The van der Waals surface area contributed by atoms with Crippen molar-refractivity contribution in [2.24, 2.45) is 0 Å². The molecule has 2 aromatic rings. The molecule has 0 aliphatic rings. The Bertz CT molecular complexity index is 688. The molecule has 0 radical (unpaired) electrons. The molecule has 0 atom stereocenters. The van der Waals surface area contributed by atoms with Crippen LogP contribution in [-0.4, -0.2) is 4.57 Å². The fraction of sp³-hybridized carbons (Fsp3) is 0.710. The third kappa shape index (κ3) is 12.5. The summed E-state index contributed by atoms with van der Waals surface area (Å²) in [5.74, 6) is 1.48. The van der Waals surface area contributed by atoms with Gasteiger partial charge in [0, 0.05) is 0 Å². The number of rotatable bonds is 21. The van der Waals surface area contributed by atoms with Crippen molar-refractivity contribution in [2.45, 2.75) is 143 Å². The molecule has 2 heteroatoms. The maximum absolute atomic E-state index is 2.53. The Kier molecular flexibility index (Phi) is 15.8. The Labute approximate surface area is 205 Å². The van der Waals surface area contributed by atoms with Gasteiger partial charge in [0.15, 0.2) is 0 Å². The van der Waals surface area contributed by atoms with E-state index >= 15 is 0 Å². The van der Waals surface area contributed by atoms with Gasteiger partial charge in [-0.25, -0.2) is 9.13 Å². The number of hydrogen-bond acceptors (Lipinski definition) is 0. The molecule has 0 amide bonds. The number of hydrogen-bond donors (Lipinski definition) is 0. The van der Waals surface area contributed by atoms with Crippen molar-refractivity contribution in [2.75, 3.05) is 0 Å². The van der Waals surface area contributed by atoms with Crippen molar-refractivity contribution in [3.05, 3.63) is 54.1 Å². The van der Waals surface area contributed by atoms with E-state index in [0.29, 0.717) is 0 Å². The summed E-state index contributed by atoms with van der Waals surface area (Å²) in [5.41, 5.74) is 1.42. The van der Waals surface area contributed by atoms with Crippen LogP contribution in [0, 0.1) is 0 Å². The molecule has 2 rings (SSSR count). The molecule has 0 saturated carbocycles. The summed E-state index contributed by atoms with van der Waals surface area (Å²) in [5, 5.41) is 0. The van der Waals surface area contributed by atoms with Crippen LogP contribution in [0.15, 0.2) is 42.7 Å². The average Bonchev–Trinajstić information content (AvgIpc) is 3.21. The van der Waals surface area contributed by atoms with E-state index in [1.165, 1.54) is 127 Å². The van der Waals surface area contributed by atoms with E-state index in [4.69, 9.17) is 0 Å². The molecule has 0 aliphatic heterocycles. The lowest BCUT2D eigenvalue weighted by atomic mass is 10.0. The van der Waals surface area contributed by atoms with Gasteiger partial charge in [-0.3, -0.25) is 0 Å². The van der Waals surface area contributed by atoms with E-state index in [1.54, 1.807) is 0 Å². The van der Waals surface area contributed by atoms with E-state index < -0.39 is 0 Å². The summed E-state index contributed by atoms with van der Waals surface area (Å²) in [6.07, 6.45) is 29.5. The zero-order valence-corrected chi connectivity index (χ0v) is 22.1. The molecule has 0 aliphatic carbocycles. The Morgan fingerprint density at radius 3 is 1.70 bits per heavy atom. The SMILES string of the molecule is CCCCCCCCCCCCCCCn1cc[n+](CCCCCC)c1Cc1ccccc1. The molecule has 1 heterocycles. The van der Waals surface area contributed by atoms with Crippen LogP contribution in [0.25, 0.3) is 0 Å². The molecule has 0 bridgehead atoms. The first-order chi connectivity index (χ1) is 16.3. The van der Waals surface area contributed by atoms with Crippen LogP contribution in [0.4, 0.5) is 0 Å². The standard InChI is InChI=1S/C31H53N2/c1-3-5-7-9-10-11-12-13-14-15-16-17-22-26-33-28-27-32(25-21-8-6-4-2)31(33)29-30-23-19-18-20-24-30/h18-20,23-24,27-28H,3-17,21-22,25-26,29H2,1-2H3/q+1. The molecule has 0 fully saturated rings. The number of benzene rings is 1. The Hall–Kier alpha value is -1.57. The van der Waals surface area contributed by atoms with Gasteiger partial charge in [0.1, 0.15) is 12.4 Å². The number of aryl methyl sites for hydroxylation is 2. The van der Waals surface area contributed by atoms with Crippen LogP contribution >= 0.6 is 0 Å². The lowest BCUT2D eigenvalue weighted by Gasteiger charge is -2.07. The smallest absolute Gasteiger partial charge is 0.234 e. The first-order valence-corrected chi connectivity index (χ1v) is 14.5. The van der Waals surface area contributed by atoms with Gasteiger partial charge in [0.25, 0.3) is 5.82 Å². The van der Waals surface area contributed by atoms with Gasteiger partial charge in [-0.05, 0) is 31.2 Å². The van der Waals surface area contributed by atoms with Crippen molar-refractivity contribution < 1.29 is 4.57 Å². The molecule has 186 valence electrons. The molecule has 33 heavy (non-hydrogen) atoms. The second-order valence-electron chi connectivity index (χ2n) is 10.1. The summed E-state index contributed by atoms with van der Waals surface area (Å²) in [6.45, 7) is 6.92. The Balaban J connectivity index is 1.65. The van der Waals surface area contributed by atoms with Crippen LogP contribution in [0.5, 0.6) is 0 Å². The third-order valence-corrected chi connectivity index (χ3v) is 7.05. The highest BCUT2D eigenvalue weighted by molar-refractivity contribution is 5.18. The van der Waals surface area contributed by atoms with Crippen LogP contribution < -0.4 is 4.57 Å². The number of imidazole rings is 1. The Morgan fingerprint density at radius 1 is 0.606 bits per heavy atom. The molecule has 0 N–H and O–H groups in total. The summed E-state index contributed by atoms with van der Waals surface area (Å²) >= 11 is 0. The maximum Gasteiger partial charge on any atom is 0.260 e. The van der Waals surface area contributed by atoms with Crippen molar-refractivity contribution in [1.82, 2.24) is 4.57 Å². The van der Waals surface area contributed by atoms with E-state index in [2.05, 4.69) is 65.7 Å². The minimum atomic E-state index is 1.04. The van der Waals surface area contributed by atoms with E-state index in [9.17, 15) is 0 Å². The summed E-state index contributed by atoms with van der Waals surface area (Å²) < 4.78 is 5.05. The van der Waals surface area contributed by atoms with Crippen LogP contribution in [0.3, 0.4) is 0 Å². The number of nitrogens with zero attached hydrogens (tertiary/aromatic N) is 2. The molecule has 0 unspecified atom stereocenters. The van der Waals surface area contributed by atoms with Gasteiger partial charge >= 0.3 is 0 Å². The van der Waals surface area contributed by atoms with Gasteiger partial charge in [-0.2, -0.15) is 0 Å². The molecule has 0 saturated heterocycles. The fourth-order valence-electron chi connectivity index (χ4n) is 4.90. The molecule has 1 aromatic carbocycles. The van der Waals surface area contributed by atoms with Gasteiger partial charge in [-0.15, -0.1) is 0 Å². The van der Waals surface area contributed by atoms with E-state index in [0.717, 1.165) is 13.0 Å². The van der Waals surface area contributed by atoms with E-state index in [1.807, 2.05) is 0 Å². The maximum atomic E-state index is 2.53. The highest BCUT2D eigenvalue weighted by Gasteiger charge is 2.17. The predicted octanol–water partition coefficient (Wildman–Crippen LogP) is 9.04. The number of aromatic nitrogens is 2. The van der Waals surface area contributed by atoms with Crippen LogP contribution in [0.1, 0.15) is 134 Å². The minimum absolute atomic E-state index is 1.04. The van der Waals surface area contributed by atoms with Crippen LogP contribution in [-0.2, 0) is 19.5 Å². The molecule has 0 spiro atoms. The zero-order chi connectivity index (χ0) is 23.4. The third-order valence-electron chi connectivity index (χ3n) is 7.05. The topological polar surface area (TPSA) is 8.81 Å². The first-order valence-electron chi connectivity index (χ1n) is 14.5. The summed E-state index contributed by atoms with van der Waals surface area (Å²) in [7, 11) is 0. The Morgan fingerprint density at radius 2 is 1.12 bits per heavy atom. The zero-order valence-electron chi connectivity index (χ0n) is 22.1. The van der Waals surface area contributed by atoms with Crippen molar-refractivity contribution in [3.63, 3.8) is 0 Å². The highest BCUT2D eigenvalue weighted by atomic mass is 15.1. The quantitative estimate of drug-likeness (QED) is 0.132.